The molecular formula is C40H24N4OS. The molecule has 0 aliphatic rings. The Labute approximate surface area is 268 Å². The quantitative estimate of drug-likeness (QED) is 0.194. The van der Waals surface area contributed by atoms with Gasteiger partial charge in [0.05, 0.1) is 10.2 Å². The molecule has 0 amide bonds. The van der Waals surface area contributed by atoms with E-state index in [9.17, 15) is 0 Å². The van der Waals surface area contributed by atoms with E-state index in [1.807, 2.05) is 91.0 Å². The highest BCUT2D eigenvalue weighted by Gasteiger charge is 2.17. The van der Waals surface area contributed by atoms with Crippen molar-refractivity contribution in [1.82, 2.24) is 19.9 Å². The van der Waals surface area contributed by atoms with Crippen molar-refractivity contribution >= 4 is 43.5 Å². The highest BCUT2D eigenvalue weighted by atomic mass is 32.1. The predicted octanol–water partition coefficient (Wildman–Crippen LogP) is 10.7. The van der Waals surface area contributed by atoms with Crippen molar-refractivity contribution in [3.8, 4) is 55.9 Å². The van der Waals surface area contributed by atoms with Gasteiger partial charge in [0.15, 0.2) is 17.5 Å². The van der Waals surface area contributed by atoms with E-state index in [0.29, 0.717) is 17.5 Å². The van der Waals surface area contributed by atoms with E-state index in [1.54, 1.807) is 11.3 Å². The van der Waals surface area contributed by atoms with Gasteiger partial charge < -0.3 is 4.42 Å². The first-order valence-corrected chi connectivity index (χ1v) is 15.9. The zero-order chi connectivity index (χ0) is 30.5. The summed E-state index contributed by atoms with van der Waals surface area (Å²) in [5.41, 5.74) is 8.65. The van der Waals surface area contributed by atoms with E-state index in [2.05, 4.69) is 54.6 Å². The third kappa shape index (κ3) is 4.64. The molecular weight excluding hydrogens is 585 g/mol. The summed E-state index contributed by atoms with van der Waals surface area (Å²) >= 11 is 1.71. The summed E-state index contributed by atoms with van der Waals surface area (Å²) in [5.74, 6) is 1.89. The Hall–Kier alpha value is -5.98. The molecule has 0 atom stereocenters. The number of aromatic nitrogens is 4. The van der Waals surface area contributed by atoms with E-state index in [0.717, 1.165) is 70.5 Å². The molecule has 6 heteroatoms. The van der Waals surface area contributed by atoms with Crippen molar-refractivity contribution in [2.45, 2.75) is 0 Å². The van der Waals surface area contributed by atoms with Crippen LogP contribution in [0, 0.1) is 0 Å². The van der Waals surface area contributed by atoms with Crippen LogP contribution in [0.1, 0.15) is 0 Å². The van der Waals surface area contributed by atoms with E-state index in [4.69, 9.17) is 24.4 Å². The number of furan rings is 1. The van der Waals surface area contributed by atoms with Crippen molar-refractivity contribution < 1.29 is 4.42 Å². The van der Waals surface area contributed by atoms with Crippen LogP contribution in [0.25, 0.3) is 88.0 Å². The number of benzene rings is 6. The topological polar surface area (TPSA) is 64.7 Å². The lowest BCUT2D eigenvalue weighted by molar-refractivity contribution is 0.670. The monoisotopic (exact) mass is 608 g/mol. The molecule has 6 aromatic carbocycles. The average Bonchev–Trinajstić information content (AvgIpc) is 3.74. The Balaban J connectivity index is 1.16. The average molecular weight is 609 g/mol. The maximum Gasteiger partial charge on any atom is 0.164 e. The van der Waals surface area contributed by atoms with Crippen LogP contribution in [0.5, 0.6) is 0 Å². The number of hydrogen-bond donors (Lipinski definition) is 0. The predicted molar refractivity (Wildman–Crippen MR) is 187 cm³/mol. The van der Waals surface area contributed by atoms with Gasteiger partial charge in [-0.15, -0.1) is 11.3 Å². The molecule has 3 heterocycles. The van der Waals surface area contributed by atoms with Crippen LogP contribution >= 0.6 is 11.3 Å². The molecule has 0 saturated carbocycles. The second-order valence-electron chi connectivity index (χ2n) is 11.1. The molecule has 0 aliphatic carbocycles. The van der Waals surface area contributed by atoms with E-state index < -0.39 is 0 Å². The van der Waals surface area contributed by atoms with E-state index >= 15 is 0 Å². The number of fused-ring (bicyclic) bond motifs is 4. The van der Waals surface area contributed by atoms with Gasteiger partial charge in [-0.1, -0.05) is 115 Å². The first kappa shape index (κ1) is 26.4. The summed E-state index contributed by atoms with van der Waals surface area (Å²) in [5, 5.41) is 3.07. The van der Waals surface area contributed by atoms with Gasteiger partial charge in [-0.2, -0.15) is 0 Å². The maximum absolute atomic E-state index is 6.53. The molecule has 0 spiro atoms. The minimum atomic E-state index is 0.614. The van der Waals surface area contributed by atoms with E-state index in [1.165, 1.54) is 0 Å². The van der Waals surface area contributed by atoms with Crippen molar-refractivity contribution in [2.75, 3.05) is 0 Å². The molecule has 0 unspecified atom stereocenters. The highest BCUT2D eigenvalue weighted by Crippen LogP contribution is 2.39. The van der Waals surface area contributed by atoms with Crippen LogP contribution in [0.2, 0.25) is 0 Å². The van der Waals surface area contributed by atoms with Crippen molar-refractivity contribution in [3.63, 3.8) is 0 Å². The molecule has 0 aliphatic heterocycles. The van der Waals surface area contributed by atoms with Crippen LogP contribution in [0.15, 0.2) is 150 Å². The fourth-order valence-corrected chi connectivity index (χ4v) is 6.85. The van der Waals surface area contributed by atoms with E-state index in [-0.39, 0.29) is 0 Å². The van der Waals surface area contributed by atoms with Gasteiger partial charge in [0.1, 0.15) is 16.2 Å². The molecule has 0 radical (unpaired) electrons. The van der Waals surface area contributed by atoms with Crippen LogP contribution in [-0.2, 0) is 0 Å². The van der Waals surface area contributed by atoms with Gasteiger partial charge in [-0.25, -0.2) is 19.9 Å². The molecule has 9 rings (SSSR count). The van der Waals surface area contributed by atoms with Gasteiger partial charge >= 0.3 is 0 Å². The van der Waals surface area contributed by atoms with Gasteiger partial charge in [0.2, 0.25) is 0 Å². The number of nitrogens with zero attached hydrogens (tertiary/aromatic N) is 4. The number of rotatable bonds is 5. The van der Waals surface area contributed by atoms with Gasteiger partial charge in [-0.05, 0) is 35.9 Å². The zero-order valence-electron chi connectivity index (χ0n) is 24.5. The Morgan fingerprint density at radius 1 is 0.435 bits per heavy atom. The largest absolute Gasteiger partial charge is 0.455 e. The number of para-hydroxylation sites is 1. The first-order valence-electron chi connectivity index (χ1n) is 15.1. The Kier molecular flexibility index (Phi) is 6.25. The normalized spacial score (nSPS) is 11.5. The van der Waals surface area contributed by atoms with Gasteiger partial charge in [0.25, 0.3) is 0 Å². The molecule has 0 N–H and O–H groups in total. The minimum absolute atomic E-state index is 0.614. The van der Waals surface area contributed by atoms with Crippen LogP contribution < -0.4 is 0 Å². The van der Waals surface area contributed by atoms with Crippen molar-refractivity contribution in [3.05, 3.63) is 146 Å². The van der Waals surface area contributed by atoms with Crippen LogP contribution in [0.4, 0.5) is 0 Å². The SMILES string of the molecule is c1ccc(-c2nc(-c3ccccc3)nc(-c3ccc4oc5c(-c6ccc7sc(-c8ccccc8)nc7c6)cccc5c4c3)n2)cc1. The third-order valence-electron chi connectivity index (χ3n) is 8.17. The molecule has 3 aromatic heterocycles. The summed E-state index contributed by atoms with van der Waals surface area (Å²) in [6, 6.07) is 49.3. The lowest BCUT2D eigenvalue weighted by atomic mass is 10.0. The van der Waals surface area contributed by atoms with Crippen molar-refractivity contribution in [2.24, 2.45) is 0 Å². The summed E-state index contributed by atoms with van der Waals surface area (Å²) in [6.07, 6.45) is 0. The van der Waals surface area contributed by atoms with Crippen molar-refractivity contribution in [1.29, 1.82) is 0 Å². The Morgan fingerprint density at radius 3 is 1.72 bits per heavy atom. The Morgan fingerprint density at radius 2 is 1.04 bits per heavy atom. The second-order valence-corrected chi connectivity index (χ2v) is 12.1. The molecule has 0 fully saturated rings. The molecule has 0 saturated heterocycles. The number of thiazole rings is 1. The fourth-order valence-electron chi connectivity index (χ4n) is 5.90. The lowest BCUT2D eigenvalue weighted by Gasteiger charge is -2.08. The zero-order valence-corrected chi connectivity index (χ0v) is 25.3. The van der Waals surface area contributed by atoms with Gasteiger partial charge in [-0.3, -0.25) is 0 Å². The third-order valence-corrected chi connectivity index (χ3v) is 9.26. The summed E-state index contributed by atoms with van der Waals surface area (Å²) in [6.45, 7) is 0. The standard InChI is InChI=1S/C40H24N4OS/c1-4-11-25(12-5-1)37-42-38(26-13-6-2-7-14-26)44-39(43-37)29-19-21-34-32(23-29)31-18-10-17-30(36(31)45-34)28-20-22-35-33(24-28)41-40(46-35)27-15-8-3-9-16-27/h1-24H. The minimum Gasteiger partial charge on any atom is -0.455 e. The first-order chi connectivity index (χ1) is 22.8. The molecule has 46 heavy (non-hydrogen) atoms. The molecule has 5 nitrogen and oxygen atoms in total. The number of hydrogen-bond acceptors (Lipinski definition) is 6. The van der Waals surface area contributed by atoms with Crippen LogP contribution in [-0.4, -0.2) is 19.9 Å². The summed E-state index contributed by atoms with van der Waals surface area (Å²) in [7, 11) is 0. The summed E-state index contributed by atoms with van der Waals surface area (Å²) in [4.78, 5) is 19.7. The molecule has 0 bridgehead atoms. The highest BCUT2D eigenvalue weighted by molar-refractivity contribution is 7.21. The Bertz CT molecular complexity index is 2470. The van der Waals surface area contributed by atoms with Gasteiger partial charge in [0, 0.05) is 38.6 Å². The fraction of sp³-hybridized carbons (Fsp3) is 0. The smallest absolute Gasteiger partial charge is 0.164 e. The lowest BCUT2D eigenvalue weighted by Crippen LogP contribution is -2.00. The molecule has 216 valence electrons. The van der Waals surface area contributed by atoms with Crippen LogP contribution in [0.3, 0.4) is 0 Å². The second kappa shape index (κ2) is 10.9. The maximum atomic E-state index is 6.53. The summed E-state index contributed by atoms with van der Waals surface area (Å²) < 4.78 is 7.69. The molecule has 9 aromatic rings.